The van der Waals surface area contributed by atoms with E-state index < -0.39 is 0 Å². The van der Waals surface area contributed by atoms with Crippen molar-refractivity contribution in [3.8, 4) is 0 Å². The van der Waals surface area contributed by atoms with Crippen molar-refractivity contribution in [2.45, 2.75) is 26.8 Å². The zero-order valence-electron chi connectivity index (χ0n) is 14.4. The summed E-state index contributed by atoms with van der Waals surface area (Å²) in [6, 6.07) is 11.5. The molecule has 0 spiro atoms. The second kappa shape index (κ2) is 8.22. The van der Waals surface area contributed by atoms with Crippen LogP contribution >= 0.6 is 12.6 Å². The van der Waals surface area contributed by atoms with Crippen molar-refractivity contribution < 1.29 is 4.79 Å². The van der Waals surface area contributed by atoms with Gasteiger partial charge in [0.05, 0.1) is 0 Å². The Balaban J connectivity index is 2.16. The molecule has 24 heavy (non-hydrogen) atoms. The highest BCUT2D eigenvalue weighted by atomic mass is 32.1. The molecule has 1 atom stereocenters. The van der Waals surface area contributed by atoms with Crippen LogP contribution in [0.1, 0.15) is 27.0 Å². The lowest BCUT2D eigenvalue weighted by molar-refractivity contribution is 0.102. The van der Waals surface area contributed by atoms with Gasteiger partial charge in [-0.2, -0.15) is 12.6 Å². The van der Waals surface area contributed by atoms with Crippen LogP contribution in [0.25, 0.3) is 0 Å². The summed E-state index contributed by atoms with van der Waals surface area (Å²) in [4.78, 5) is 12.6. The van der Waals surface area contributed by atoms with Crippen LogP contribution in [0.2, 0.25) is 0 Å². The Kier molecular flexibility index (Phi) is 6.29. The smallest absolute Gasteiger partial charge is 0.255 e. The topological polar surface area (TPSA) is 67.2 Å². The Bertz CT molecular complexity index is 731. The SMILES string of the molecule is Cc1ccc(C(=O)Nc2cccc(C)c2C)cc1NCC(N)CS. The molecule has 0 aliphatic heterocycles. The number of rotatable bonds is 6. The molecule has 2 rings (SSSR count). The van der Waals surface area contributed by atoms with Crippen LogP contribution in [-0.4, -0.2) is 24.2 Å². The molecule has 4 nitrogen and oxygen atoms in total. The van der Waals surface area contributed by atoms with Gasteiger partial charge < -0.3 is 16.4 Å². The first-order valence-corrected chi connectivity index (χ1v) is 8.64. The zero-order valence-corrected chi connectivity index (χ0v) is 15.3. The van der Waals surface area contributed by atoms with Gasteiger partial charge in [-0.15, -0.1) is 0 Å². The molecular weight excluding hydrogens is 318 g/mol. The highest BCUT2D eigenvalue weighted by molar-refractivity contribution is 7.80. The Hall–Kier alpha value is -1.98. The normalized spacial score (nSPS) is 11.9. The van der Waals surface area contributed by atoms with Gasteiger partial charge in [-0.05, 0) is 55.7 Å². The number of benzene rings is 2. The van der Waals surface area contributed by atoms with E-state index in [2.05, 4.69) is 23.3 Å². The number of carbonyl (C=O) groups is 1. The number of nitrogens with one attached hydrogen (secondary N) is 2. The number of nitrogens with two attached hydrogens (primary N) is 1. The summed E-state index contributed by atoms with van der Waals surface area (Å²) in [5, 5.41) is 6.28. The van der Waals surface area contributed by atoms with Crippen LogP contribution < -0.4 is 16.4 Å². The summed E-state index contributed by atoms with van der Waals surface area (Å²) in [7, 11) is 0. The molecule has 4 N–H and O–H groups in total. The number of hydrogen-bond acceptors (Lipinski definition) is 4. The third-order valence-electron chi connectivity index (χ3n) is 4.14. The van der Waals surface area contributed by atoms with Crippen molar-refractivity contribution in [2.24, 2.45) is 5.73 Å². The summed E-state index contributed by atoms with van der Waals surface area (Å²) in [5.74, 6) is 0.490. The molecule has 0 fully saturated rings. The van der Waals surface area contributed by atoms with Crippen molar-refractivity contribution >= 4 is 29.9 Å². The average molecular weight is 343 g/mol. The zero-order chi connectivity index (χ0) is 17.7. The predicted molar refractivity (Wildman–Crippen MR) is 105 cm³/mol. The number of aryl methyl sites for hydroxylation is 2. The van der Waals surface area contributed by atoms with Crippen molar-refractivity contribution in [3.05, 3.63) is 58.7 Å². The Morgan fingerprint density at radius 2 is 1.88 bits per heavy atom. The van der Waals surface area contributed by atoms with E-state index in [1.54, 1.807) is 0 Å². The van der Waals surface area contributed by atoms with Gasteiger partial charge in [0.2, 0.25) is 0 Å². The minimum atomic E-state index is -0.120. The minimum Gasteiger partial charge on any atom is -0.383 e. The number of thiol groups is 1. The highest BCUT2D eigenvalue weighted by Crippen LogP contribution is 2.21. The average Bonchev–Trinajstić information content (AvgIpc) is 2.57. The Morgan fingerprint density at radius 3 is 2.58 bits per heavy atom. The third kappa shape index (κ3) is 4.52. The Morgan fingerprint density at radius 1 is 1.12 bits per heavy atom. The standard InChI is InChI=1S/C19H25N3OS/c1-12-5-4-6-17(14(12)3)22-19(23)15-8-7-13(2)18(9-15)21-10-16(20)11-24/h4-9,16,21,24H,10-11,20H2,1-3H3,(H,22,23). The number of amides is 1. The maximum absolute atomic E-state index is 12.6. The lowest BCUT2D eigenvalue weighted by atomic mass is 10.1. The van der Waals surface area contributed by atoms with Crippen LogP contribution in [-0.2, 0) is 0 Å². The van der Waals surface area contributed by atoms with E-state index in [1.165, 1.54) is 0 Å². The predicted octanol–water partition coefficient (Wildman–Crippen LogP) is 3.53. The largest absolute Gasteiger partial charge is 0.383 e. The molecular formula is C19H25N3OS. The maximum atomic E-state index is 12.6. The van der Waals surface area contributed by atoms with Crippen LogP contribution in [0.3, 0.4) is 0 Å². The quantitative estimate of drug-likeness (QED) is 0.607. The van der Waals surface area contributed by atoms with Gasteiger partial charge in [-0.1, -0.05) is 18.2 Å². The summed E-state index contributed by atoms with van der Waals surface area (Å²) in [6.07, 6.45) is 0. The molecule has 2 aromatic rings. The third-order valence-corrected chi connectivity index (χ3v) is 4.61. The first-order chi connectivity index (χ1) is 11.4. The highest BCUT2D eigenvalue weighted by Gasteiger charge is 2.11. The van der Waals surface area contributed by atoms with E-state index in [-0.39, 0.29) is 11.9 Å². The van der Waals surface area contributed by atoms with Crippen LogP contribution in [0, 0.1) is 20.8 Å². The molecule has 1 amide bonds. The Labute approximate surface area is 149 Å². The van der Waals surface area contributed by atoms with Crippen LogP contribution in [0.5, 0.6) is 0 Å². The fourth-order valence-corrected chi connectivity index (χ4v) is 2.47. The van der Waals surface area contributed by atoms with E-state index in [1.807, 2.05) is 57.2 Å². The maximum Gasteiger partial charge on any atom is 0.255 e. The number of carbonyl (C=O) groups excluding carboxylic acids is 1. The molecule has 5 heteroatoms. The van der Waals surface area contributed by atoms with E-state index >= 15 is 0 Å². The molecule has 0 saturated carbocycles. The molecule has 0 aromatic heterocycles. The van der Waals surface area contributed by atoms with E-state index in [9.17, 15) is 4.79 Å². The summed E-state index contributed by atoms with van der Waals surface area (Å²) >= 11 is 4.18. The monoisotopic (exact) mass is 343 g/mol. The molecule has 128 valence electrons. The van der Waals surface area contributed by atoms with Gasteiger partial charge >= 0.3 is 0 Å². The van der Waals surface area contributed by atoms with Crippen molar-refractivity contribution in [2.75, 3.05) is 22.9 Å². The van der Waals surface area contributed by atoms with Crippen LogP contribution in [0.15, 0.2) is 36.4 Å². The minimum absolute atomic E-state index is 0.0276. The molecule has 0 saturated heterocycles. The fourth-order valence-electron chi connectivity index (χ4n) is 2.34. The molecule has 0 aliphatic carbocycles. The van der Waals surface area contributed by atoms with Gasteiger partial charge in [0.1, 0.15) is 0 Å². The van der Waals surface area contributed by atoms with Gasteiger partial charge in [-0.25, -0.2) is 0 Å². The second-order valence-corrected chi connectivity index (χ2v) is 6.42. The molecule has 0 bridgehead atoms. The van der Waals surface area contributed by atoms with E-state index in [0.717, 1.165) is 28.1 Å². The number of anilines is 2. The molecule has 0 heterocycles. The number of hydrogen-bond donors (Lipinski definition) is 4. The molecule has 1 unspecified atom stereocenters. The van der Waals surface area contributed by atoms with Crippen molar-refractivity contribution in [3.63, 3.8) is 0 Å². The lowest BCUT2D eigenvalue weighted by Crippen LogP contribution is -2.30. The van der Waals surface area contributed by atoms with Crippen LogP contribution in [0.4, 0.5) is 11.4 Å². The summed E-state index contributed by atoms with van der Waals surface area (Å²) in [6.45, 7) is 6.66. The first-order valence-electron chi connectivity index (χ1n) is 8.01. The second-order valence-electron chi connectivity index (χ2n) is 6.05. The fraction of sp³-hybridized carbons (Fsp3) is 0.316. The summed E-state index contributed by atoms with van der Waals surface area (Å²) in [5.41, 5.74) is 11.6. The van der Waals surface area contributed by atoms with Crippen molar-refractivity contribution in [1.29, 1.82) is 0 Å². The van der Waals surface area contributed by atoms with Crippen molar-refractivity contribution in [1.82, 2.24) is 0 Å². The van der Waals surface area contributed by atoms with Gasteiger partial charge in [0.15, 0.2) is 0 Å². The first kappa shape index (κ1) is 18.4. The van der Waals surface area contributed by atoms with E-state index in [4.69, 9.17) is 5.73 Å². The van der Waals surface area contributed by atoms with Gasteiger partial charge in [0.25, 0.3) is 5.91 Å². The molecule has 0 radical (unpaired) electrons. The summed E-state index contributed by atoms with van der Waals surface area (Å²) < 4.78 is 0. The molecule has 2 aromatic carbocycles. The lowest BCUT2D eigenvalue weighted by Gasteiger charge is -2.15. The molecule has 0 aliphatic rings. The van der Waals surface area contributed by atoms with Gasteiger partial charge in [0, 0.05) is 35.3 Å². The van der Waals surface area contributed by atoms with Gasteiger partial charge in [-0.3, -0.25) is 4.79 Å². The van der Waals surface area contributed by atoms with E-state index in [0.29, 0.717) is 17.9 Å².